The van der Waals surface area contributed by atoms with E-state index in [0.29, 0.717) is 0 Å². The average Bonchev–Trinajstić information content (AvgIpc) is 2.62. The molecule has 24 heavy (non-hydrogen) atoms. The maximum atomic E-state index is 10.6. The number of allylic oxidation sites excluding steroid dienone is 3. The van der Waals surface area contributed by atoms with E-state index in [0.717, 1.165) is 36.9 Å². The van der Waals surface area contributed by atoms with Crippen molar-refractivity contribution in [2.75, 3.05) is 11.9 Å². The topological polar surface area (TPSA) is 29.1 Å². The van der Waals surface area contributed by atoms with E-state index in [2.05, 4.69) is 24.0 Å². The molecule has 0 aliphatic rings. The lowest BCUT2D eigenvalue weighted by Crippen LogP contribution is -2.00. The summed E-state index contributed by atoms with van der Waals surface area (Å²) in [5.74, 6) is 0. The summed E-state index contributed by atoms with van der Waals surface area (Å²) in [6, 6.07) is 7.59. The number of rotatable bonds is 15. The van der Waals surface area contributed by atoms with Crippen LogP contribution in [-0.4, -0.2) is 12.8 Å². The Bertz CT molecular complexity index is 461. The molecule has 0 bridgehead atoms. The quantitative estimate of drug-likeness (QED) is 0.225. The molecule has 1 N–H and O–H groups in total. The monoisotopic (exact) mass is 327 g/mol. The van der Waals surface area contributed by atoms with Crippen molar-refractivity contribution in [2.24, 2.45) is 0 Å². The predicted molar refractivity (Wildman–Crippen MR) is 106 cm³/mol. The van der Waals surface area contributed by atoms with Crippen molar-refractivity contribution in [3.05, 3.63) is 54.6 Å². The SMILES string of the molecule is C=CCCCCCCCCC=CCCCNc1ccc(C=O)cc1. The summed E-state index contributed by atoms with van der Waals surface area (Å²) in [5.41, 5.74) is 1.80. The van der Waals surface area contributed by atoms with E-state index >= 15 is 0 Å². The maximum Gasteiger partial charge on any atom is 0.150 e. The third-order valence-corrected chi connectivity index (χ3v) is 4.12. The molecule has 1 aromatic carbocycles. The Balaban J connectivity index is 1.89. The van der Waals surface area contributed by atoms with Gasteiger partial charge in [0.25, 0.3) is 0 Å². The van der Waals surface area contributed by atoms with Gasteiger partial charge in [-0.2, -0.15) is 0 Å². The minimum Gasteiger partial charge on any atom is -0.385 e. The lowest BCUT2D eigenvalue weighted by molar-refractivity contribution is 0.112. The minimum atomic E-state index is 0.722. The highest BCUT2D eigenvalue weighted by Crippen LogP contribution is 2.10. The third-order valence-electron chi connectivity index (χ3n) is 4.12. The number of anilines is 1. The number of aldehydes is 1. The number of benzene rings is 1. The van der Waals surface area contributed by atoms with Crippen LogP contribution in [0.2, 0.25) is 0 Å². The van der Waals surface area contributed by atoms with E-state index in [-0.39, 0.29) is 0 Å². The van der Waals surface area contributed by atoms with E-state index in [1.807, 2.05) is 30.3 Å². The highest BCUT2D eigenvalue weighted by molar-refractivity contribution is 5.75. The summed E-state index contributed by atoms with van der Waals surface area (Å²) in [4.78, 5) is 10.6. The molecule has 0 radical (unpaired) electrons. The van der Waals surface area contributed by atoms with Crippen LogP contribution in [0.3, 0.4) is 0 Å². The predicted octanol–water partition coefficient (Wildman–Crippen LogP) is 6.55. The van der Waals surface area contributed by atoms with Crippen molar-refractivity contribution in [3.63, 3.8) is 0 Å². The number of carbonyl (C=O) groups excluding carboxylic acids is 1. The summed E-state index contributed by atoms with van der Waals surface area (Å²) < 4.78 is 0. The molecule has 2 heteroatoms. The minimum absolute atomic E-state index is 0.722. The average molecular weight is 328 g/mol. The Morgan fingerprint density at radius 1 is 0.792 bits per heavy atom. The van der Waals surface area contributed by atoms with Gasteiger partial charge in [0.2, 0.25) is 0 Å². The molecule has 1 aromatic rings. The van der Waals surface area contributed by atoms with Crippen LogP contribution in [0.1, 0.15) is 74.6 Å². The van der Waals surface area contributed by atoms with Gasteiger partial charge < -0.3 is 5.32 Å². The number of unbranched alkanes of at least 4 members (excludes halogenated alkanes) is 8. The number of hydrogen-bond acceptors (Lipinski definition) is 2. The number of nitrogens with one attached hydrogen (secondary N) is 1. The van der Waals surface area contributed by atoms with Crippen molar-refractivity contribution in [1.29, 1.82) is 0 Å². The molecule has 1 rings (SSSR count). The first-order valence-corrected chi connectivity index (χ1v) is 9.42. The molecule has 132 valence electrons. The van der Waals surface area contributed by atoms with Crippen LogP contribution < -0.4 is 5.32 Å². The van der Waals surface area contributed by atoms with Crippen LogP contribution in [0.5, 0.6) is 0 Å². The molecule has 0 atom stereocenters. The standard InChI is InChI=1S/C22H33NO/c1-2-3-4-5-6-7-8-9-10-11-12-13-14-19-23-22-17-15-21(20-24)16-18-22/h2,11-12,15-18,20,23H,1,3-10,13-14,19H2. The van der Waals surface area contributed by atoms with Gasteiger partial charge in [-0.25, -0.2) is 0 Å². The van der Waals surface area contributed by atoms with Gasteiger partial charge in [0.15, 0.2) is 0 Å². The Morgan fingerprint density at radius 3 is 2.00 bits per heavy atom. The largest absolute Gasteiger partial charge is 0.385 e. The molecule has 0 aliphatic heterocycles. The van der Waals surface area contributed by atoms with Crippen LogP contribution >= 0.6 is 0 Å². The third kappa shape index (κ3) is 10.8. The molecule has 0 saturated carbocycles. The van der Waals surface area contributed by atoms with Gasteiger partial charge in [0, 0.05) is 17.8 Å². The second-order valence-corrected chi connectivity index (χ2v) is 6.27. The zero-order valence-corrected chi connectivity index (χ0v) is 15.0. The fourth-order valence-corrected chi connectivity index (χ4v) is 2.63. The van der Waals surface area contributed by atoms with Gasteiger partial charge in [-0.3, -0.25) is 4.79 Å². The van der Waals surface area contributed by atoms with Gasteiger partial charge in [-0.1, -0.05) is 43.9 Å². The molecule has 0 aliphatic carbocycles. The molecule has 0 unspecified atom stereocenters. The lowest BCUT2D eigenvalue weighted by Gasteiger charge is -2.05. The fourth-order valence-electron chi connectivity index (χ4n) is 2.63. The molecule has 0 heterocycles. The van der Waals surface area contributed by atoms with Gasteiger partial charge in [0.1, 0.15) is 6.29 Å². The number of hydrogen-bond donors (Lipinski definition) is 1. The second kappa shape index (κ2) is 14.7. The summed E-state index contributed by atoms with van der Waals surface area (Å²) in [5, 5.41) is 3.38. The summed E-state index contributed by atoms with van der Waals surface area (Å²) in [6.07, 6.45) is 20.3. The first kappa shape index (κ1) is 20.2. The van der Waals surface area contributed by atoms with E-state index in [4.69, 9.17) is 0 Å². The molecule has 0 saturated heterocycles. The van der Waals surface area contributed by atoms with Gasteiger partial charge >= 0.3 is 0 Å². The van der Waals surface area contributed by atoms with E-state index in [1.165, 1.54) is 51.4 Å². The van der Waals surface area contributed by atoms with Gasteiger partial charge in [-0.05, 0) is 62.8 Å². The highest BCUT2D eigenvalue weighted by Gasteiger charge is 1.93. The molecular weight excluding hydrogens is 294 g/mol. The smallest absolute Gasteiger partial charge is 0.150 e. The van der Waals surface area contributed by atoms with E-state index < -0.39 is 0 Å². The van der Waals surface area contributed by atoms with E-state index in [9.17, 15) is 4.79 Å². The van der Waals surface area contributed by atoms with Crippen molar-refractivity contribution in [2.45, 2.75) is 64.2 Å². The first-order chi connectivity index (χ1) is 11.9. The molecule has 0 aromatic heterocycles. The van der Waals surface area contributed by atoms with Crippen LogP contribution in [0, 0.1) is 0 Å². The molecule has 0 amide bonds. The van der Waals surface area contributed by atoms with Crippen molar-refractivity contribution in [1.82, 2.24) is 0 Å². The Morgan fingerprint density at radius 2 is 1.38 bits per heavy atom. The molecule has 0 fully saturated rings. The Hall–Kier alpha value is -1.83. The van der Waals surface area contributed by atoms with Crippen LogP contribution in [0.25, 0.3) is 0 Å². The lowest BCUT2D eigenvalue weighted by atomic mass is 10.1. The van der Waals surface area contributed by atoms with Crippen LogP contribution in [-0.2, 0) is 0 Å². The zero-order valence-electron chi connectivity index (χ0n) is 15.0. The molecular formula is C22H33NO. The first-order valence-electron chi connectivity index (χ1n) is 9.42. The summed E-state index contributed by atoms with van der Waals surface area (Å²) >= 11 is 0. The molecule has 0 spiro atoms. The fraction of sp³-hybridized carbons (Fsp3) is 0.500. The Kier molecular flexibility index (Phi) is 12.4. The summed E-state index contributed by atoms with van der Waals surface area (Å²) in [7, 11) is 0. The second-order valence-electron chi connectivity index (χ2n) is 6.27. The van der Waals surface area contributed by atoms with Gasteiger partial charge in [-0.15, -0.1) is 6.58 Å². The van der Waals surface area contributed by atoms with Gasteiger partial charge in [0.05, 0.1) is 0 Å². The molecule has 2 nitrogen and oxygen atoms in total. The zero-order chi connectivity index (χ0) is 17.3. The van der Waals surface area contributed by atoms with Crippen molar-refractivity contribution >= 4 is 12.0 Å². The van der Waals surface area contributed by atoms with Crippen molar-refractivity contribution < 1.29 is 4.79 Å². The number of carbonyl (C=O) groups is 1. The highest BCUT2D eigenvalue weighted by atomic mass is 16.1. The van der Waals surface area contributed by atoms with Crippen molar-refractivity contribution in [3.8, 4) is 0 Å². The van der Waals surface area contributed by atoms with Crippen LogP contribution in [0.4, 0.5) is 5.69 Å². The maximum absolute atomic E-state index is 10.6. The van der Waals surface area contributed by atoms with Crippen LogP contribution in [0.15, 0.2) is 49.1 Å². The normalized spacial score (nSPS) is 10.8. The van der Waals surface area contributed by atoms with E-state index in [1.54, 1.807) is 0 Å². The Labute approximate surface area is 148 Å². The summed E-state index contributed by atoms with van der Waals surface area (Å²) in [6.45, 7) is 4.72.